The van der Waals surface area contributed by atoms with Crippen LogP contribution in [0.2, 0.25) is 23.7 Å². The van der Waals surface area contributed by atoms with Crippen molar-refractivity contribution in [2.24, 2.45) is 5.92 Å². The zero-order valence-electron chi connectivity index (χ0n) is 26.3. The van der Waals surface area contributed by atoms with Gasteiger partial charge < -0.3 is 30.1 Å². The predicted octanol–water partition coefficient (Wildman–Crippen LogP) is 5.18. The molecule has 3 aliphatic heterocycles. The number of anilines is 2. The van der Waals surface area contributed by atoms with E-state index in [1.807, 2.05) is 54.6 Å². The molecule has 45 heavy (non-hydrogen) atoms. The summed E-state index contributed by atoms with van der Waals surface area (Å²) in [6, 6.07) is 21.3. The van der Waals surface area contributed by atoms with Gasteiger partial charge in [-0.2, -0.15) is 0 Å². The Hall–Kier alpha value is -3.21. The fourth-order valence-electron chi connectivity index (χ4n) is 7.91. The minimum absolute atomic E-state index is 0.0355. The summed E-state index contributed by atoms with van der Waals surface area (Å²) in [4.78, 5) is 29.4. The standard InChI is InChI=1S/C35H42ClN3O5Si/c1-22-32(45(3,4)27-13-11-26(43-2)12-14-27)31(16-18-40)44-35(22)28-20-24(36)10-15-30(28)39(34(35)42)21-23-7-5-8-25(19-23)38-33(41)29-9-6-17-37-29/h5,7-8,10-15,19-20,22,29,31-32,37,40H,6,9,16-18,21H2,1-4H3,(H,38,41)/t22-,29-,31+,32-,35+/m1/s1. The van der Waals surface area contributed by atoms with Crippen molar-refractivity contribution in [2.45, 2.75) is 69.1 Å². The van der Waals surface area contributed by atoms with E-state index < -0.39 is 13.7 Å². The molecular formula is C35H42ClN3O5Si. The molecule has 1 spiro atoms. The van der Waals surface area contributed by atoms with Crippen molar-refractivity contribution < 1.29 is 24.2 Å². The highest BCUT2D eigenvalue weighted by atomic mass is 35.5. The lowest BCUT2D eigenvalue weighted by atomic mass is 9.82. The second kappa shape index (κ2) is 12.5. The number of carbonyl (C=O) groups excluding carboxylic acids is 2. The Labute approximate surface area is 271 Å². The van der Waals surface area contributed by atoms with E-state index in [4.69, 9.17) is 21.1 Å². The quantitative estimate of drug-likeness (QED) is 0.277. The lowest BCUT2D eigenvalue weighted by Gasteiger charge is -2.37. The van der Waals surface area contributed by atoms with Crippen LogP contribution in [0.4, 0.5) is 11.4 Å². The number of nitrogens with one attached hydrogen (secondary N) is 2. The Kier molecular flexibility index (Phi) is 8.84. The number of halogens is 1. The molecule has 238 valence electrons. The summed E-state index contributed by atoms with van der Waals surface area (Å²) >= 11 is 6.59. The zero-order chi connectivity index (χ0) is 31.9. The average molecular weight is 648 g/mol. The number of aliphatic hydroxyl groups excluding tert-OH is 1. The Morgan fingerprint density at radius 1 is 1.18 bits per heavy atom. The van der Waals surface area contributed by atoms with Gasteiger partial charge in [0.05, 0.1) is 39.6 Å². The van der Waals surface area contributed by atoms with Crippen LogP contribution in [-0.2, 0) is 26.5 Å². The Bertz CT molecular complexity index is 1580. The van der Waals surface area contributed by atoms with E-state index in [9.17, 15) is 14.7 Å². The summed E-state index contributed by atoms with van der Waals surface area (Å²) in [7, 11) is -0.616. The molecule has 3 heterocycles. The first kappa shape index (κ1) is 31.8. The molecule has 5 atom stereocenters. The minimum Gasteiger partial charge on any atom is -0.497 e. The van der Waals surface area contributed by atoms with Crippen LogP contribution in [0.1, 0.15) is 37.3 Å². The summed E-state index contributed by atoms with van der Waals surface area (Å²) in [5, 5.41) is 18.2. The number of carbonyl (C=O) groups is 2. The van der Waals surface area contributed by atoms with Gasteiger partial charge in [0.2, 0.25) is 5.91 Å². The molecule has 3 aromatic rings. The number of nitrogens with zero attached hydrogens (tertiary/aromatic N) is 1. The molecule has 2 saturated heterocycles. The van der Waals surface area contributed by atoms with Crippen molar-refractivity contribution in [3.8, 4) is 5.75 Å². The summed E-state index contributed by atoms with van der Waals surface area (Å²) in [6.07, 6.45) is 1.93. The van der Waals surface area contributed by atoms with E-state index in [0.717, 1.165) is 42.0 Å². The van der Waals surface area contributed by atoms with Crippen LogP contribution in [0.3, 0.4) is 0 Å². The van der Waals surface area contributed by atoms with Crippen molar-refractivity contribution in [1.82, 2.24) is 5.32 Å². The van der Waals surface area contributed by atoms with Gasteiger partial charge >= 0.3 is 0 Å². The smallest absolute Gasteiger partial charge is 0.264 e. The Morgan fingerprint density at radius 3 is 2.64 bits per heavy atom. The largest absolute Gasteiger partial charge is 0.497 e. The van der Waals surface area contributed by atoms with Gasteiger partial charge in [0.25, 0.3) is 5.91 Å². The van der Waals surface area contributed by atoms with Gasteiger partial charge in [-0.1, -0.05) is 61.1 Å². The van der Waals surface area contributed by atoms with Crippen LogP contribution in [0.15, 0.2) is 66.7 Å². The van der Waals surface area contributed by atoms with Gasteiger partial charge in [0.15, 0.2) is 5.60 Å². The number of fused-ring (bicyclic) bond motifs is 2. The molecule has 3 aliphatic rings. The van der Waals surface area contributed by atoms with Crippen LogP contribution >= 0.6 is 11.6 Å². The third-order valence-corrected chi connectivity index (χ3v) is 14.7. The molecule has 0 aromatic heterocycles. The van der Waals surface area contributed by atoms with Crippen molar-refractivity contribution in [2.75, 3.05) is 30.5 Å². The molecular weight excluding hydrogens is 606 g/mol. The maximum absolute atomic E-state index is 14.8. The minimum atomic E-state index is -2.27. The van der Waals surface area contributed by atoms with Gasteiger partial charge in [-0.25, -0.2) is 0 Å². The van der Waals surface area contributed by atoms with E-state index in [0.29, 0.717) is 23.7 Å². The monoisotopic (exact) mass is 647 g/mol. The van der Waals surface area contributed by atoms with Gasteiger partial charge in [0, 0.05) is 28.8 Å². The number of aliphatic hydroxyl groups is 1. The van der Waals surface area contributed by atoms with E-state index >= 15 is 0 Å². The third kappa shape index (κ3) is 5.59. The van der Waals surface area contributed by atoms with E-state index in [-0.39, 0.29) is 42.0 Å². The number of benzene rings is 3. The molecule has 8 nitrogen and oxygen atoms in total. The summed E-state index contributed by atoms with van der Waals surface area (Å²) < 4.78 is 12.4. The van der Waals surface area contributed by atoms with Crippen LogP contribution in [0, 0.1) is 5.92 Å². The summed E-state index contributed by atoms with van der Waals surface area (Å²) in [5.74, 6) is 0.448. The van der Waals surface area contributed by atoms with E-state index in [2.05, 4.69) is 42.8 Å². The second-order valence-corrected chi connectivity index (χ2v) is 18.2. The summed E-state index contributed by atoms with van der Waals surface area (Å²) in [5.41, 5.74) is 1.94. The normalized spacial score (nSPS) is 26.0. The molecule has 0 radical (unpaired) electrons. The Morgan fingerprint density at radius 2 is 1.96 bits per heavy atom. The lowest BCUT2D eigenvalue weighted by molar-refractivity contribution is -0.146. The highest BCUT2D eigenvalue weighted by Crippen LogP contribution is 2.60. The number of amides is 2. The van der Waals surface area contributed by atoms with Crippen molar-refractivity contribution >= 4 is 48.1 Å². The van der Waals surface area contributed by atoms with Gasteiger partial charge in [-0.3, -0.25) is 9.59 Å². The van der Waals surface area contributed by atoms with Crippen molar-refractivity contribution in [3.05, 3.63) is 82.9 Å². The van der Waals surface area contributed by atoms with E-state index in [1.54, 1.807) is 12.0 Å². The number of hydrogen-bond acceptors (Lipinski definition) is 6. The maximum atomic E-state index is 14.8. The van der Waals surface area contributed by atoms with Gasteiger partial charge in [0.1, 0.15) is 5.75 Å². The first-order valence-electron chi connectivity index (χ1n) is 15.8. The topological polar surface area (TPSA) is 100 Å². The molecule has 3 aromatic carbocycles. The highest BCUT2D eigenvalue weighted by molar-refractivity contribution is 6.91. The first-order chi connectivity index (χ1) is 21.6. The van der Waals surface area contributed by atoms with Crippen molar-refractivity contribution in [3.63, 3.8) is 0 Å². The number of rotatable bonds is 9. The predicted molar refractivity (Wildman–Crippen MR) is 180 cm³/mol. The average Bonchev–Trinajstić information content (AvgIpc) is 3.72. The fourth-order valence-corrected chi connectivity index (χ4v) is 12.1. The molecule has 0 bridgehead atoms. The SMILES string of the molecule is COc1ccc([Si](C)(C)[C@H]2[C@H](CCO)O[C@@]3(C(=O)N(Cc4cccc(NC(=O)[C@H]5CCCN5)c4)c4ccc(Cl)cc43)[C@@H]2C)cc1. The van der Waals surface area contributed by atoms with Crippen LogP contribution < -0.4 is 25.5 Å². The third-order valence-electron chi connectivity index (χ3n) is 10.1. The lowest BCUT2D eigenvalue weighted by Crippen LogP contribution is -2.51. The molecule has 6 rings (SSSR count). The number of ether oxygens (including phenoxy) is 2. The first-order valence-corrected chi connectivity index (χ1v) is 19.2. The molecule has 0 aliphatic carbocycles. The molecule has 2 fully saturated rings. The summed E-state index contributed by atoms with van der Waals surface area (Å²) in [6.45, 7) is 7.89. The second-order valence-electron chi connectivity index (χ2n) is 13.1. The van der Waals surface area contributed by atoms with Crippen LogP contribution in [0.25, 0.3) is 0 Å². The highest BCUT2D eigenvalue weighted by Gasteiger charge is 2.66. The zero-order valence-corrected chi connectivity index (χ0v) is 28.1. The molecule has 10 heteroatoms. The van der Waals surface area contributed by atoms with Crippen LogP contribution in [0.5, 0.6) is 5.75 Å². The fraction of sp³-hybridized carbons (Fsp3) is 0.429. The van der Waals surface area contributed by atoms with Crippen LogP contribution in [-0.4, -0.2) is 57.4 Å². The Balaban J connectivity index is 1.34. The van der Waals surface area contributed by atoms with Gasteiger partial charge in [-0.05, 0) is 79.4 Å². The molecule has 0 saturated carbocycles. The maximum Gasteiger partial charge on any atom is 0.264 e. The molecule has 3 N–H and O–H groups in total. The number of methoxy groups -OCH3 is 1. The number of hydrogen-bond donors (Lipinski definition) is 3. The van der Waals surface area contributed by atoms with Crippen molar-refractivity contribution in [1.29, 1.82) is 0 Å². The molecule has 0 unspecified atom stereocenters. The molecule has 2 amide bonds. The van der Waals surface area contributed by atoms with Gasteiger partial charge in [-0.15, -0.1) is 0 Å². The van der Waals surface area contributed by atoms with E-state index in [1.165, 1.54) is 5.19 Å².